The topological polar surface area (TPSA) is 23.8 Å². The van der Waals surface area contributed by atoms with Gasteiger partial charge in [-0.3, -0.25) is 0 Å². The molecule has 1 rings (SSSR count). The van der Waals surface area contributed by atoms with Gasteiger partial charge in [0.05, 0.1) is 12.0 Å². The minimum Gasteiger partial charge on any atom is -0.207 e. The van der Waals surface area contributed by atoms with E-state index in [0.717, 1.165) is 17.5 Å². The normalized spacial score (nSPS) is 12.2. The van der Waals surface area contributed by atoms with E-state index in [1.807, 2.05) is 13.0 Å². The molecule has 0 N–H and O–H groups in total. The van der Waals surface area contributed by atoms with E-state index < -0.39 is 0 Å². The number of benzene rings is 1. The molecule has 0 aliphatic carbocycles. The Kier molecular flexibility index (Phi) is 3.02. The highest BCUT2D eigenvalue weighted by Gasteiger charge is 2.06. The SMILES string of the molecule is CCc1cc(F)cc(C(C)C#N)c1. The molecule has 0 saturated carbocycles. The Morgan fingerprint density at radius 3 is 2.69 bits per heavy atom. The summed E-state index contributed by atoms with van der Waals surface area (Å²) >= 11 is 0. The first-order valence-corrected chi connectivity index (χ1v) is 4.36. The predicted octanol–water partition coefficient (Wildman–Crippen LogP) is 3.02. The fourth-order valence-corrected chi connectivity index (χ4v) is 1.20. The minimum atomic E-state index is -0.253. The van der Waals surface area contributed by atoms with Gasteiger partial charge in [0.15, 0.2) is 0 Å². The zero-order valence-electron chi connectivity index (χ0n) is 7.84. The standard InChI is InChI=1S/C11H12FN/c1-3-9-4-10(8(2)7-13)6-11(12)5-9/h4-6,8H,3H2,1-2H3. The van der Waals surface area contributed by atoms with Crippen LogP contribution in [0.5, 0.6) is 0 Å². The van der Waals surface area contributed by atoms with Gasteiger partial charge in [-0.15, -0.1) is 0 Å². The molecular formula is C11H12FN. The molecule has 0 amide bonds. The van der Waals surface area contributed by atoms with Gasteiger partial charge in [0.2, 0.25) is 0 Å². The van der Waals surface area contributed by atoms with Crippen molar-refractivity contribution in [3.63, 3.8) is 0 Å². The van der Waals surface area contributed by atoms with Gasteiger partial charge in [-0.2, -0.15) is 5.26 Å². The molecule has 1 unspecified atom stereocenters. The summed E-state index contributed by atoms with van der Waals surface area (Å²) in [7, 11) is 0. The van der Waals surface area contributed by atoms with Crippen LogP contribution in [0.25, 0.3) is 0 Å². The van der Waals surface area contributed by atoms with Gasteiger partial charge in [0, 0.05) is 0 Å². The lowest BCUT2D eigenvalue weighted by molar-refractivity contribution is 0.622. The van der Waals surface area contributed by atoms with Crippen LogP contribution in [-0.2, 0) is 6.42 Å². The quantitative estimate of drug-likeness (QED) is 0.681. The molecule has 0 bridgehead atoms. The van der Waals surface area contributed by atoms with Gasteiger partial charge in [-0.1, -0.05) is 13.0 Å². The van der Waals surface area contributed by atoms with Crippen LogP contribution in [0.2, 0.25) is 0 Å². The molecule has 0 spiro atoms. The number of rotatable bonds is 2. The number of hydrogen-bond donors (Lipinski definition) is 0. The Labute approximate surface area is 77.8 Å². The van der Waals surface area contributed by atoms with Gasteiger partial charge < -0.3 is 0 Å². The first-order chi connectivity index (χ1) is 6.17. The molecule has 68 valence electrons. The molecule has 1 nitrogen and oxygen atoms in total. The van der Waals surface area contributed by atoms with Crippen molar-refractivity contribution in [2.24, 2.45) is 0 Å². The Hall–Kier alpha value is -1.36. The molecule has 1 aromatic rings. The third-order valence-corrected chi connectivity index (χ3v) is 2.08. The van der Waals surface area contributed by atoms with Crippen molar-refractivity contribution in [3.8, 4) is 6.07 Å². The summed E-state index contributed by atoms with van der Waals surface area (Å²) in [6.07, 6.45) is 0.795. The van der Waals surface area contributed by atoms with Crippen LogP contribution in [0.15, 0.2) is 18.2 Å². The Morgan fingerprint density at radius 2 is 2.15 bits per heavy atom. The highest BCUT2D eigenvalue weighted by Crippen LogP contribution is 2.17. The largest absolute Gasteiger partial charge is 0.207 e. The van der Waals surface area contributed by atoms with Gasteiger partial charge >= 0.3 is 0 Å². The van der Waals surface area contributed by atoms with Gasteiger partial charge in [-0.25, -0.2) is 4.39 Å². The van der Waals surface area contributed by atoms with E-state index >= 15 is 0 Å². The number of halogens is 1. The highest BCUT2D eigenvalue weighted by molar-refractivity contribution is 5.30. The van der Waals surface area contributed by atoms with Crippen molar-refractivity contribution in [2.45, 2.75) is 26.2 Å². The molecule has 1 atom stereocenters. The van der Waals surface area contributed by atoms with Crippen LogP contribution in [0.3, 0.4) is 0 Å². The third kappa shape index (κ3) is 2.29. The summed E-state index contributed by atoms with van der Waals surface area (Å²) in [6.45, 7) is 3.74. The fraction of sp³-hybridized carbons (Fsp3) is 0.364. The molecule has 0 saturated heterocycles. The lowest BCUT2D eigenvalue weighted by atomic mass is 9.99. The van der Waals surface area contributed by atoms with Crippen LogP contribution < -0.4 is 0 Å². The van der Waals surface area contributed by atoms with E-state index in [1.54, 1.807) is 6.92 Å². The number of nitrogens with zero attached hydrogens (tertiary/aromatic N) is 1. The monoisotopic (exact) mass is 177 g/mol. The molecule has 0 heterocycles. The van der Waals surface area contributed by atoms with Crippen molar-refractivity contribution >= 4 is 0 Å². The van der Waals surface area contributed by atoms with E-state index in [4.69, 9.17) is 5.26 Å². The molecule has 0 aliphatic heterocycles. The molecule has 0 radical (unpaired) electrons. The molecule has 0 aromatic heterocycles. The average molecular weight is 177 g/mol. The first-order valence-electron chi connectivity index (χ1n) is 4.36. The van der Waals surface area contributed by atoms with Crippen molar-refractivity contribution in [2.75, 3.05) is 0 Å². The maximum Gasteiger partial charge on any atom is 0.123 e. The van der Waals surface area contributed by atoms with Gasteiger partial charge in [-0.05, 0) is 36.6 Å². The second-order valence-electron chi connectivity index (χ2n) is 3.10. The summed E-state index contributed by atoms with van der Waals surface area (Å²) in [5, 5.41) is 8.67. The number of hydrogen-bond acceptors (Lipinski definition) is 1. The zero-order chi connectivity index (χ0) is 9.84. The van der Waals surface area contributed by atoms with Gasteiger partial charge in [0.25, 0.3) is 0 Å². The van der Waals surface area contributed by atoms with Crippen molar-refractivity contribution < 1.29 is 4.39 Å². The summed E-state index contributed by atoms with van der Waals surface area (Å²) in [5.74, 6) is -0.488. The smallest absolute Gasteiger partial charge is 0.123 e. The Morgan fingerprint density at radius 1 is 1.46 bits per heavy atom. The molecule has 13 heavy (non-hydrogen) atoms. The summed E-state index contributed by atoms with van der Waals surface area (Å²) < 4.78 is 13.0. The van der Waals surface area contributed by atoms with Crippen LogP contribution >= 0.6 is 0 Å². The van der Waals surface area contributed by atoms with E-state index in [0.29, 0.717) is 0 Å². The molecular weight excluding hydrogens is 165 g/mol. The average Bonchev–Trinajstić information content (AvgIpc) is 2.15. The lowest BCUT2D eigenvalue weighted by Crippen LogP contribution is -1.93. The second kappa shape index (κ2) is 4.04. The zero-order valence-corrected chi connectivity index (χ0v) is 7.84. The fourth-order valence-electron chi connectivity index (χ4n) is 1.20. The third-order valence-electron chi connectivity index (χ3n) is 2.08. The van der Waals surface area contributed by atoms with Crippen molar-refractivity contribution in [3.05, 3.63) is 35.1 Å². The minimum absolute atomic E-state index is 0.235. The highest BCUT2D eigenvalue weighted by atomic mass is 19.1. The molecule has 1 aromatic carbocycles. The van der Waals surface area contributed by atoms with Crippen LogP contribution in [-0.4, -0.2) is 0 Å². The molecule has 0 aliphatic rings. The van der Waals surface area contributed by atoms with Crippen LogP contribution in [0.1, 0.15) is 30.9 Å². The van der Waals surface area contributed by atoms with Gasteiger partial charge in [0.1, 0.15) is 5.82 Å². The number of aryl methyl sites for hydroxylation is 1. The van der Waals surface area contributed by atoms with E-state index in [1.165, 1.54) is 12.1 Å². The first kappa shape index (κ1) is 9.73. The van der Waals surface area contributed by atoms with Crippen molar-refractivity contribution in [1.82, 2.24) is 0 Å². The van der Waals surface area contributed by atoms with Crippen LogP contribution in [0.4, 0.5) is 4.39 Å². The Balaban J connectivity index is 3.10. The summed E-state index contributed by atoms with van der Waals surface area (Å²) in [5.41, 5.74) is 1.71. The maximum absolute atomic E-state index is 13.0. The van der Waals surface area contributed by atoms with E-state index in [-0.39, 0.29) is 11.7 Å². The van der Waals surface area contributed by atoms with E-state index in [2.05, 4.69) is 6.07 Å². The second-order valence-corrected chi connectivity index (χ2v) is 3.10. The molecule has 2 heteroatoms. The van der Waals surface area contributed by atoms with Crippen LogP contribution in [0, 0.1) is 17.1 Å². The molecule has 0 fully saturated rings. The lowest BCUT2D eigenvalue weighted by Gasteiger charge is -2.05. The number of nitriles is 1. The summed E-state index contributed by atoms with van der Waals surface area (Å²) in [4.78, 5) is 0. The predicted molar refractivity (Wildman–Crippen MR) is 49.8 cm³/mol. The van der Waals surface area contributed by atoms with E-state index in [9.17, 15) is 4.39 Å². The Bertz CT molecular complexity index is 338. The van der Waals surface area contributed by atoms with Crippen molar-refractivity contribution in [1.29, 1.82) is 5.26 Å². The summed E-state index contributed by atoms with van der Waals surface area (Å²) in [6, 6.07) is 6.91. The maximum atomic E-state index is 13.0.